The third-order valence-electron chi connectivity index (χ3n) is 2.68. The number of hydrogen-bond donors (Lipinski definition) is 1. The molecule has 21 heavy (non-hydrogen) atoms. The Morgan fingerprint density at radius 3 is 2.52 bits per heavy atom. The van der Waals surface area contributed by atoms with Crippen LogP contribution in [0, 0.1) is 10.1 Å². The average molecular weight is 303 g/mol. The summed E-state index contributed by atoms with van der Waals surface area (Å²) < 4.78 is 0. The highest BCUT2D eigenvalue weighted by molar-refractivity contribution is 6.33. The zero-order chi connectivity index (χ0) is 15.2. The fraction of sp³-hybridized carbons (Fsp3) is 0. The van der Waals surface area contributed by atoms with Crippen LogP contribution in [-0.2, 0) is 4.79 Å². The summed E-state index contributed by atoms with van der Waals surface area (Å²) in [6.45, 7) is 0. The van der Waals surface area contributed by atoms with E-state index >= 15 is 0 Å². The van der Waals surface area contributed by atoms with Gasteiger partial charge in [-0.15, -0.1) is 0 Å². The molecular weight excluding hydrogens is 292 g/mol. The van der Waals surface area contributed by atoms with E-state index in [1.165, 1.54) is 18.2 Å². The van der Waals surface area contributed by atoms with Crippen LogP contribution in [-0.4, -0.2) is 10.8 Å². The van der Waals surface area contributed by atoms with E-state index < -0.39 is 10.8 Å². The SMILES string of the molecule is O=C(/C=C/c1ccccc1[N+](=O)[O-])Nc1ccccc1Cl. The smallest absolute Gasteiger partial charge is 0.276 e. The number of nitro benzene ring substituents is 1. The van der Waals surface area contributed by atoms with Gasteiger partial charge < -0.3 is 5.32 Å². The molecule has 1 N–H and O–H groups in total. The molecule has 0 aliphatic carbocycles. The van der Waals surface area contributed by atoms with Crippen molar-refractivity contribution in [1.82, 2.24) is 0 Å². The maximum atomic E-state index is 11.8. The quantitative estimate of drug-likeness (QED) is 0.529. The summed E-state index contributed by atoms with van der Waals surface area (Å²) >= 11 is 5.92. The van der Waals surface area contributed by atoms with Crippen LogP contribution in [0.1, 0.15) is 5.56 Å². The number of carbonyl (C=O) groups is 1. The summed E-state index contributed by atoms with van der Waals surface area (Å²) in [6, 6.07) is 13.0. The van der Waals surface area contributed by atoms with Crippen LogP contribution < -0.4 is 5.32 Å². The summed E-state index contributed by atoms with van der Waals surface area (Å²) in [5.74, 6) is -0.416. The van der Waals surface area contributed by atoms with Gasteiger partial charge in [-0.25, -0.2) is 0 Å². The summed E-state index contributed by atoms with van der Waals surface area (Å²) in [4.78, 5) is 22.2. The number of carbonyl (C=O) groups excluding carboxylic acids is 1. The molecule has 0 aliphatic rings. The van der Waals surface area contributed by atoms with E-state index in [4.69, 9.17) is 11.6 Å². The Balaban J connectivity index is 2.13. The van der Waals surface area contributed by atoms with E-state index in [2.05, 4.69) is 5.32 Å². The molecule has 0 fully saturated rings. The van der Waals surface area contributed by atoms with Crippen molar-refractivity contribution in [2.75, 3.05) is 5.32 Å². The summed E-state index contributed by atoms with van der Waals surface area (Å²) in [6.07, 6.45) is 2.62. The molecule has 0 heterocycles. The van der Waals surface area contributed by atoms with Gasteiger partial charge in [-0.3, -0.25) is 14.9 Å². The van der Waals surface area contributed by atoms with Crippen LogP contribution in [0.15, 0.2) is 54.6 Å². The van der Waals surface area contributed by atoms with E-state index in [0.717, 1.165) is 0 Å². The summed E-state index contributed by atoms with van der Waals surface area (Å²) in [5.41, 5.74) is 0.785. The number of nitro groups is 1. The molecule has 5 nitrogen and oxygen atoms in total. The van der Waals surface area contributed by atoms with E-state index in [9.17, 15) is 14.9 Å². The van der Waals surface area contributed by atoms with Gasteiger partial charge in [0.15, 0.2) is 0 Å². The van der Waals surface area contributed by atoms with Crippen LogP contribution in [0.2, 0.25) is 5.02 Å². The minimum absolute atomic E-state index is 0.0562. The van der Waals surface area contributed by atoms with Crippen molar-refractivity contribution < 1.29 is 9.72 Å². The average Bonchev–Trinajstić information content (AvgIpc) is 2.48. The molecule has 0 unspecified atom stereocenters. The van der Waals surface area contributed by atoms with E-state index in [0.29, 0.717) is 16.3 Å². The highest BCUT2D eigenvalue weighted by atomic mass is 35.5. The number of para-hydroxylation sites is 2. The van der Waals surface area contributed by atoms with Gasteiger partial charge in [0.1, 0.15) is 0 Å². The second-order valence-electron chi connectivity index (χ2n) is 4.12. The zero-order valence-electron chi connectivity index (χ0n) is 10.8. The summed E-state index contributed by atoms with van der Waals surface area (Å²) in [7, 11) is 0. The molecule has 0 saturated heterocycles. The summed E-state index contributed by atoms with van der Waals surface area (Å²) in [5, 5.41) is 13.9. The Bertz CT molecular complexity index is 714. The van der Waals surface area contributed by atoms with Crippen molar-refractivity contribution in [3.05, 3.63) is 75.3 Å². The number of rotatable bonds is 4. The number of benzene rings is 2. The molecule has 2 aromatic carbocycles. The molecule has 1 amide bonds. The molecular formula is C15H11ClN2O3. The molecule has 2 rings (SSSR count). The third-order valence-corrected chi connectivity index (χ3v) is 3.01. The lowest BCUT2D eigenvalue weighted by molar-refractivity contribution is -0.385. The lowest BCUT2D eigenvalue weighted by Gasteiger charge is -2.03. The monoisotopic (exact) mass is 302 g/mol. The van der Waals surface area contributed by atoms with Crippen LogP contribution >= 0.6 is 11.6 Å². The zero-order valence-corrected chi connectivity index (χ0v) is 11.6. The van der Waals surface area contributed by atoms with Crippen molar-refractivity contribution in [2.24, 2.45) is 0 Å². The number of nitrogens with zero attached hydrogens (tertiary/aromatic N) is 1. The molecule has 0 aliphatic heterocycles. The van der Waals surface area contributed by atoms with Gasteiger partial charge in [0, 0.05) is 12.1 Å². The normalized spacial score (nSPS) is 10.5. The van der Waals surface area contributed by atoms with Crippen molar-refractivity contribution in [2.45, 2.75) is 0 Å². The molecule has 0 saturated carbocycles. The minimum Gasteiger partial charge on any atom is -0.321 e. The molecule has 6 heteroatoms. The highest BCUT2D eigenvalue weighted by Gasteiger charge is 2.10. The third kappa shape index (κ3) is 3.90. The van der Waals surface area contributed by atoms with Crippen molar-refractivity contribution in [3.63, 3.8) is 0 Å². The maximum Gasteiger partial charge on any atom is 0.276 e. The molecule has 0 spiro atoms. The minimum atomic E-state index is -0.494. The van der Waals surface area contributed by atoms with Gasteiger partial charge in [-0.05, 0) is 24.3 Å². The Kier molecular flexibility index (Phi) is 4.68. The standard InChI is InChI=1S/C15H11ClN2O3/c16-12-6-2-3-7-13(12)17-15(19)10-9-11-5-1-4-8-14(11)18(20)21/h1-10H,(H,17,19)/b10-9+. The Morgan fingerprint density at radius 1 is 1.14 bits per heavy atom. The Labute approximate surface area is 126 Å². The second-order valence-corrected chi connectivity index (χ2v) is 4.53. The van der Waals surface area contributed by atoms with Crippen LogP contribution in [0.25, 0.3) is 6.08 Å². The molecule has 106 valence electrons. The fourth-order valence-corrected chi connectivity index (χ4v) is 1.88. The number of anilines is 1. The first-order valence-corrected chi connectivity index (χ1v) is 6.43. The van der Waals surface area contributed by atoms with Gasteiger partial charge >= 0.3 is 0 Å². The van der Waals surface area contributed by atoms with Crippen molar-refractivity contribution >= 4 is 35.0 Å². The molecule has 0 atom stereocenters. The Hall–Kier alpha value is -2.66. The first-order valence-electron chi connectivity index (χ1n) is 6.05. The van der Waals surface area contributed by atoms with Gasteiger partial charge in [0.2, 0.25) is 5.91 Å². The van der Waals surface area contributed by atoms with Gasteiger partial charge in [0.25, 0.3) is 5.69 Å². The number of halogens is 1. The van der Waals surface area contributed by atoms with Gasteiger partial charge in [0.05, 0.1) is 21.2 Å². The number of nitrogens with one attached hydrogen (secondary N) is 1. The topological polar surface area (TPSA) is 72.2 Å². The number of amides is 1. The highest BCUT2D eigenvalue weighted by Crippen LogP contribution is 2.21. The maximum absolute atomic E-state index is 11.8. The predicted octanol–water partition coefficient (Wildman–Crippen LogP) is 3.90. The number of hydrogen-bond acceptors (Lipinski definition) is 3. The first kappa shape index (κ1) is 14.7. The van der Waals surface area contributed by atoms with E-state index in [1.54, 1.807) is 42.5 Å². The van der Waals surface area contributed by atoms with E-state index in [1.807, 2.05) is 0 Å². The predicted molar refractivity (Wildman–Crippen MR) is 82.2 cm³/mol. The molecule has 0 radical (unpaired) electrons. The lowest BCUT2D eigenvalue weighted by Crippen LogP contribution is -2.08. The van der Waals surface area contributed by atoms with Gasteiger partial charge in [-0.2, -0.15) is 0 Å². The van der Waals surface area contributed by atoms with Gasteiger partial charge in [-0.1, -0.05) is 35.9 Å². The van der Waals surface area contributed by atoms with Crippen molar-refractivity contribution in [1.29, 1.82) is 0 Å². The van der Waals surface area contributed by atoms with Crippen LogP contribution in [0.3, 0.4) is 0 Å². The second kappa shape index (κ2) is 6.67. The first-order chi connectivity index (χ1) is 10.1. The van der Waals surface area contributed by atoms with Crippen LogP contribution in [0.5, 0.6) is 0 Å². The molecule has 2 aromatic rings. The fourth-order valence-electron chi connectivity index (χ4n) is 1.70. The molecule has 0 aromatic heterocycles. The van der Waals surface area contributed by atoms with Crippen LogP contribution in [0.4, 0.5) is 11.4 Å². The lowest BCUT2D eigenvalue weighted by atomic mass is 10.1. The largest absolute Gasteiger partial charge is 0.321 e. The Morgan fingerprint density at radius 2 is 1.81 bits per heavy atom. The van der Waals surface area contributed by atoms with Crippen molar-refractivity contribution in [3.8, 4) is 0 Å². The molecule has 0 bridgehead atoms. The van der Waals surface area contributed by atoms with E-state index in [-0.39, 0.29) is 5.69 Å².